The average molecular weight is 261 g/mol. The van der Waals surface area contributed by atoms with Gasteiger partial charge in [-0.1, -0.05) is 18.2 Å². The second kappa shape index (κ2) is 5.32. The molecule has 2 aromatic rings. The predicted molar refractivity (Wildman–Crippen MR) is 67.8 cm³/mol. The van der Waals surface area contributed by atoms with Crippen LogP contribution in [0, 0.1) is 10.1 Å². The quantitative estimate of drug-likeness (QED) is 0.574. The molecule has 1 aromatic carbocycles. The number of aromatic nitrogens is 1. The van der Waals surface area contributed by atoms with E-state index in [2.05, 4.69) is 10.3 Å². The van der Waals surface area contributed by atoms with Crippen LogP contribution in [0.5, 0.6) is 0 Å². The van der Waals surface area contributed by atoms with Crippen LogP contribution in [0.15, 0.2) is 36.4 Å². The highest BCUT2D eigenvalue weighted by Crippen LogP contribution is 2.17. The van der Waals surface area contributed by atoms with E-state index in [1.807, 2.05) is 0 Å². The zero-order valence-corrected chi connectivity index (χ0v) is 9.79. The number of benzene rings is 1. The van der Waals surface area contributed by atoms with Gasteiger partial charge in [0.2, 0.25) is 0 Å². The Bertz CT molecular complexity index is 621. The molecule has 1 aromatic heterocycles. The van der Waals surface area contributed by atoms with Crippen LogP contribution in [-0.4, -0.2) is 20.9 Å². The Morgan fingerprint density at radius 3 is 2.68 bits per heavy atom. The topological polar surface area (TPSA) is 108 Å². The van der Waals surface area contributed by atoms with Crippen molar-refractivity contribution >= 4 is 17.4 Å². The van der Waals surface area contributed by atoms with E-state index < -0.39 is 10.8 Å². The Balaban J connectivity index is 2.18. The van der Waals surface area contributed by atoms with Crippen molar-refractivity contribution in [1.29, 1.82) is 0 Å². The molecule has 0 aliphatic rings. The average Bonchev–Trinajstić information content (AvgIpc) is 2.89. The van der Waals surface area contributed by atoms with E-state index in [0.717, 1.165) is 0 Å². The van der Waals surface area contributed by atoms with Gasteiger partial charge in [-0.25, -0.2) is 4.98 Å². The lowest BCUT2D eigenvalue weighted by molar-refractivity contribution is -0.389. The van der Waals surface area contributed by atoms with Gasteiger partial charge in [0.15, 0.2) is 5.69 Å². The number of para-hydroxylation sites is 1. The predicted octanol–water partition coefficient (Wildman–Crippen LogP) is 1.67. The maximum atomic E-state index is 11.9. The zero-order chi connectivity index (χ0) is 13.8. The van der Waals surface area contributed by atoms with Crippen LogP contribution >= 0.6 is 0 Å². The summed E-state index contributed by atoms with van der Waals surface area (Å²) in [5, 5.41) is 22.2. The number of nitrogens with one attached hydrogen (secondary N) is 2. The van der Waals surface area contributed by atoms with Gasteiger partial charge in [-0.3, -0.25) is 4.79 Å². The number of rotatable bonds is 4. The molecular formula is C12H11N3O4. The molecule has 98 valence electrons. The van der Waals surface area contributed by atoms with Crippen LogP contribution < -0.4 is 5.32 Å². The number of hydrogen-bond donors (Lipinski definition) is 3. The number of carbonyl (C=O) groups excluding carboxylic acids is 1. The standard InChI is InChI=1S/C12H11N3O4/c16-7-8-3-1-2-4-9(8)14-12(17)10-5-6-11(13-10)15(18)19/h1-6,13,16H,7H2,(H,14,17). The first-order chi connectivity index (χ1) is 9.11. The number of nitro groups is 1. The first kappa shape index (κ1) is 12.8. The highest BCUT2D eigenvalue weighted by Gasteiger charge is 2.16. The van der Waals surface area contributed by atoms with Gasteiger partial charge in [-0.15, -0.1) is 0 Å². The number of nitrogens with zero attached hydrogens (tertiary/aromatic N) is 1. The molecule has 1 heterocycles. The van der Waals surface area contributed by atoms with Crippen molar-refractivity contribution < 1.29 is 14.8 Å². The van der Waals surface area contributed by atoms with Gasteiger partial charge in [0.25, 0.3) is 5.91 Å². The Kier molecular flexibility index (Phi) is 3.58. The molecule has 0 radical (unpaired) electrons. The molecular weight excluding hydrogens is 250 g/mol. The van der Waals surface area contributed by atoms with Gasteiger partial charge < -0.3 is 20.5 Å². The molecule has 0 spiro atoms. The second-order valence-corrected chi connectivity index (χ2v) is 3.78. The van der Waals surface area contributed by atoms with Crippen molar-refractivity contribution in [2.45, 2.75) is 6.61 Å². The highest BCUT2D eigenvalue weighted by atomic mass is 16.6. The SMILES string of the molecule is O=C(Nc1ccccc1CO)c1ccc([N+](=O)[O-])[nH]1. The van der Waals surface area contributed by atoms with E-state index in [1.165, 1.54) is 12.1 Å². The zero-order valence-electron chi connectivity index (χ0n) is 9.79. The number of aliphatic hydroxyl groups excluding tert-OH is 1. The van der Waals surface area contributed by atoms with Gasteiger partial charge in [0, 0.05) is 17.3 Å². The minimum Gasteiger partial charge on any atom is -0.392 e. The van der Waals surface area contributed by atoms with Gasteiger partial charge in [0.1, 0.15) is 0 Å². The molecule has 7 nitrogen and oxygen atoms in total. The van der Waals surface area contributed by atoms with Crippen LogP contribution in [0.2, 0.25) is 0 Å². The van der Waals surface area contributed by atoms with Crippen LogP contribution in [0.25, 0.3) is 0 Å². The third kappa shape index (κ3) is 2.78. The molecule has 1 amide bonds. The van der Waals surface area contributed by atoms with Gasteiger partial charge >= 0.3 is 5.82 Å². The van der Waals surface area contributed by atoms with Gasteiger partial charge in [-0.2, -0.15) is 0 Å². The number of anilines is 1. The lowest BCUT2D eigenvalue weighted by Gasteiger charge is -2.07. The largest absolute Gasteiger partial charge is 0.392 e. The fourth-order valence-electron chi connectivity index (χ4n) is 1.59. The van der Waals surface area contributed by atoms with Crippen molar-refractivity contribution in [3.05, 3.63) is 57.8 Å². The third-order valence-electron chi connectivity index (χ3n) is 2.55. The summed E-state index contributed by atoms with van der Waals surface area (Å²) in [4.78, 5) is 24.2. The number of aliphatic hydroxyl groups is 1. The van der Waals surface area contributed by atoms with E-state index in [9.17, 15) is 14.9 Å². The molecule has 19 heavy (non-hydrogen) atoms. The highest BCUT2D eigenvalue weighted by molar-refractivity contribution is 6.03. The molecule has 0 fully saturated rings. The maximum Gasteiger partial charge on any atom is 0.321 e. The van der Waals surface area contributed by atoms with Crippen LogP contribution in [-0.2, 0) is 6.61 Å². The van der Waals surface area contributed by atoms with E-state index in [0.29, 0.717) is 11.3 Å². The summed E-state index contributed by atoms with van der Waals surface area (Å²) in [5.41, 5.74) is 1.11. The molecule has 0 aliphatic carbocycles. The summed E-state index contributed by atoms with van der Waals surface area (Å²) >= 11 is 0. The number of H-pyrrole nitrogens is 1. The Hall–Kier alpha value is -2.67. The van der Waals surface area contributed by atoms with Crippen LogP contribution in [0.1, 0.15) is 16.1 Å². The molecule has 0 saturated carbocycles. The summed E-state index contributed by atoms with van der Waals surface area (Å²) in [6, 6.07) is 9.31. The molecule has 0 atom stereocenters. The molecule has 3 N–H and O–H groups in total. The van der Waals surface area contributed by atoms with Crippen molar-refractivity contribution in [3.8, 4) is 0 Å². The summed E-state index contributed by atoms with van der Waals surface area (Å²) in [6.07, 6.45) is 0. The molecule has 7 heteroatoms. The normalized spacial score (nSPS) is 10.2. The summed E-state index contributed by atoms with van der Waals surface area (Å²) < 4.78 is 0. The Morgan fingerprint density at radius 2 is 2.05 bits per heavy atom. The minimum atomic E-state index is -0.613. The van der Waals surface area contributed by atoms with Crippen molar-refractivity contribution in [2.24, 2.45) is 0 Å². The molecule has 0 aliphatic heterocycles. The fourth-order valence-corrected chi connectivity index (χ4v) is 1.59. The van der Waals surface area contributed by atoms with Crippen molar-refractivity contribution in [1.82, 2.24) is 4.98 Å². The molecule has 2 rings (SSSR count). The van der Waals surface area contributed by atoms with Crippen LogP contribution in [0.4, 0.5) is 11.5 Å². The summed E-state index contributed by atoms with van der Waals surface area (Å²) in [5.74, 6) is -0.755. The summed E-state index contributed by atoms with van der Waals surface area (Å²) in [7, 11) is 0. The van der Waals surface area contributed by atoms with Crippen molar-refractivity contribution in [3.63, 3.8) is 0 Å². The number of amides is 1. The van der Waals surface area contributed by atoms with E-state index >= 15 is 0 Å². The molecule has 0 saturated heterocycles. The van der Waals surface area contributed by atoms with E-state index in [-0.39, 0.29) is 18.1 Å². The smallest absolute Gasteiger partial charge is 0.321 e. The Morgan fingerprint density at radius 1 is 1.32 bits per heavy atom. The monoisotopic (exact) mass is 261 g/mol. The van der Waals surface area contributed by atoms with Gasteiger partial charge in [0.05, 0.1) is 6.61 Å². The lowest BCUT2D eigenvalue weighted by atomic mass is 10.2. The van der Waals surface area contributed by atoms with E-state index in [1.54, 1.807) is 24.3 Å². The fraction of sp³-hybridized carbons (Fsp3) is 0.0833. The van der Waals surface area contributed by atoms with Crippen LogP contribution in [0.3, 0.4) is 0 Å². The number of hydrogen-bond acceptors (Lipinski definition) is 4. The Labute approximate surface area is 108 Å². The number of carbonyl (C=O) groups is 1. The first-order valence-corrected chi connectivity index (χ1v) is 5.45. The maximum absolute atomic E-state index is 11.9. The lowest BCUT2D eigenvalue weighted by Crippen LogP contribution is -2.13. The second-order valence-electron chi connectivity index (χ2n) is 3.78. The van der Waals surface area contributed by atoms with Gasteiger partial charge in [-0.05, 0) is 17.1 Å². The van der Waals surface area contributed by atoms with E-state index in [4.69, 9.17) is 5.11 Å². The molecule has 0 bridgehead atoms. The number of aromatic amines is 1. The van der Waals surface area contributed by atoms with Crippen molar-refractivity contribution in [2.75, 3.05) is 5.32 Å². The minimum absolute atomic E-state index is 0.0828. The first-order valence-electron chi connectivity index (χ1n) is 5.45. The molecule has 0 unspecified atom stereocenters. The third-order valence-corrected chi connectivity index (χ3v) is 2.55. The summed E-state index contributed by atoms with van der Waals surface area (Å²) in [6.45, 7) is -0.207.